The Morgan fingerprint density at radius 2 is 2.00 bits per heavy atom. The molecule has 22 heavy (non-hydrogen) atoms. The second-order valence-corrected chi connectivity index (χ2v) is 6.61. The summed E-state index contributed by atoms with van der Waals surface area (Å²) in [6, 6.07) is 9.98. The molecule has 4 heteroatoms. The number of carboxylic acids is 1. The molecule has 0 atom stereocenters. The number of hydrogen-bond acceptors (Lipinski definition) is 3. The predicted octanol–water partition coefficient (Wildman–Crippen LogP) is 4.05. The number of carboxylic acid groups (broad SMARTS) is 1. The van der Waals surface area contributed by atoms with Gasteiger partial charge >= 0.3 is 5.97 Å². The van der Waals surface area contributed by atoms with E-state index in [0.29, 0.717) is 30.2 Å². The monoisotopic (exact) mass is 299 g/mol. The minimum absolute atomic E-state index is 0.549. The maximum Gasteiger partial charge on any atom is 0.315 e. The number of nitrogens with zero attached hydrogens (tertiary/aromatic N) is 1. The molecule has 0 amide bonds. The molecule has 1 saturated carbocycles. The first-order chi connectivity index (χ1) is 10.5. The van der Waals surface area contributed by atoms with E-state index in [1.807, 2.05) is 12.1 Å². The fourth-order valence-corrected chi connectivity index (χ4v) is 3.02. The molecule has 1 aromatic carbocycles. The molecule has 1 aliphatic rings. The summed E-state index contributed by atoms with van der Waals surface area (Å²) in [5.41, 5.74) is 1.94. The largest absolute Gasteiger partial charge is 0.481 e. The van der Waals surface area contributed by atoms with E-state index in [0.717, 1.165) is 18.4 Å². The minimum Gasteiger partial charge on any atom is -0.481 e. The van der Waals surface area contributed by atoms with Crippen LogP contribution >= 0.6 is 0 Å². The number of rotatable bonds is 5. The first kappa shape index (κ1) is 14.8. The number of hydrogen-bond donors (Lipinski definition) is 1. The summed E-state index contributed by atoms with van der Waals surface area (Å²) >= 11 is 0. The maximum absolute atomic E-state index is 11.5. The summed E-state index contributed by atoms with van der Waals surface area (Å²) < 4.78 is 5.39. The fraction of sp³-hybridized carbons (Fsp3) is 0.444. The molecule has 0 spiro atoms. The predicted molar refractivity (Wildman–Crippen MR) is 83.6 cm³/mol. The van der Waals surface area contributed by atoms with E-state index in [4.69, 9.17) is 4.52 Å². The van der Waals surface area contributed by atoms with Gasteiger partial charge in [0.05, 0.1) is 0 Å². The third-order valence-corrected chi connectivity index (χ3v) is 4.50. The molecular weight excluding hydrogens is 278 g/mol. The van der Waals surface area contributed by atoms with Crippen molar-refractivity contribution in [3.8, 4) is 11.3 Å². The van der Waals surface area contributed by atoms with Crippen LogP contribution in [0.3, 0.4) is 0 Å². The van der Waals surface area contributed by atoms with Crippen LogP contribution < -0.4 is 0 Å². The van der Waals surface area contributed by atoms with Gasteiger partial charge < -0.3 is 9.63 Å². The Balaban J connectivity index is 1.83. The van der Waals surface area contributed by atoms with Gasteiger partial charge in [-0.1, -0.05) is 49.7 Å². The number of benzene rings is 1. The zero-order chi connectivity index (χ0) is 15.7. The van der Waals surface area contributed by atoms with Gasteiger partial charge in [0, 0.05) is 11.6 Å². The zero-order valence-corrected chi connectivity index (χ0v) is 13.0. The average Bonchev–Trinajstić information content (AvgIpc) is 2.87. The molecule has 116 valence electrons. The molecule has 2 aromatic rings. The van der Waals surface area contributed by atoms with Crippen LogP contribution in [0, 0.1) is 5.92 Å². The molecule has 1 fully saturated rings. The lowest BCUT2D eigenvalue weighted by atomic mass is 9.66. The molecule has 0 bridgehead atoms. The van der Waals surface area contributed by atoms with Crippen LogP contribution in [0.4, 0.5) is 0 Å². The first-order valence-electron chi connectivity index (χ1n) is 7.81. The van der Waals surface area contributed by atoms with Crippen molar-refractivity contribution in [1.82, 2.24) is 5.16 Å². The summed E-state index contributed by atoms with van der Waals surface area (Å²) in [5.74, 6) is 0.460. The van der Waals surface area contributed by atoms with Crippen molar-refractivity contribution in [3.63, 3.8) is 0 Å². The Labute approximate surface area is 130 Å². The summed E-state index contributed by atoms with van der Waals surface area (Å²) in [7, 11) is 0. The molecule has 0 radical (unpaired) electrons. The number of carbonyl (C=O) groups is 1. The molecule has 0 unspecified atom stereocenters. The van der Waals surface area contributed by atoms with Gasteiger partial charge in [0.25, 0.3) is 0 Å². The van der Waals surface area contributed by atoms with Gasteiger partial charge in [-0.2, -0.15) is 0 Å². The van der Waals surface area contributed by atoms with Crippen LogP contribution in [-0.4, -0.2) is 16.2 Å². The molecule has 0 aliphatic heterocycles. The molecule has 1 aliphatic carbocycles. The van der Waals surface area contributed by atoms with Crippen LogP contribution in [0.1, 0.15) is 44.4 Å². The van der Waals surface area contributed by atoms with E-state index in [1.165, 1.54) is 5.56 Å². The van der Waals surface area contributed by atoms with Crippen molar-refractivity contribution in [3.05, 3.63) is 41.6 Å². The van der Waals surface area contributed by atoms with Crippen LogP contribution in [0.2, 0.25) is 0 Å². The van der Waals surface area contributed by atoms with Gasteiger partial charge in [0.1, 0.15) is 11.1 Å². The lowest BCUT2D eigenvalue weighted by Gasteiger charge is -2.35. The number of aliphatic carboxylic acids is 1. The second kappa shape index (κ2) is 5.59. The summed E-state index contributed by atoms with van der Waals surface area (Å²) in [4.78, 5) is 11.5. The Bertz CT molecular complexity index is 666. The van der Waals surface area contributed by atoms with Crippen LogP contribution in [0.15, 0.2) is 34.9 Å². The van der Waals surface area contributed by atoms with Gasteiger partial charge in [-0.05, 0) is 30.7 Å². The summed E-state index contributed by atoms with van der Waals surface area (Å²) in [5, 5.41) is 13.5. The quantitative estimate of drug-likeness (QED) is 0.904. The summed E-state index contributed by atoms with van der Waals surface area (Å²) in [6.45, 7) is 4.39. The first-order valence-corrected chi connectivity index (χ1v) is 7.81. The molecule has 3 rings (SSSR count). The lowest BCUT2D eigenvalue weighted by molar-refractivity contribution is -0.147. The lowest BCUT2D eigenvalue weighted by Crippen LogP contribution is -2.42. The Morgan fingerprint density at radius 1 is 1.32 bits per heavy atom. The molecule has 4 nitrogen and oxygen atoms in total. The Kier molecular flexibility index (Phi) is 3.77. The maximum atomic E-state index is 11.5. The van der Waals surface area contributed by atoms with Crippen molar-refractivity contribution in [2.24, 2.45) is 5.92 Å². The minimum atomic E-state index is -0.834. The van der Waals surface area contributed by atoms with Gasteiger partial charge in [-0.25, -0.2) is 0 Å². The second-order valence-electron chi connectivity index (χ2n) is 6.61. The highest BCUT2D eigenvalue weighted by Crippen LogP contribution is 2.44. The third-order valence-electron chi connectivity index (χ3n) is 4.50. The average molecular weight is 299 g/mol. The normalized spacial score (nSPS) is 16.5. The highest BCUT2D eigenvalue weighted by atomic mass is 16.5. The molecule has 0 saturated heterocycles. The number of aromatic nitrogens is 1. The Hall–Kier alpha value is -2.10. The highest BCUT2D eigenvalue weighted by Gasteiger charge is 2.48. The molecule has 1 N–H and O–H groups in total. The van der Waals surface area contributed by atoms with E-state index in [1.54, 1.807) is 6.07 Å². The van der Waals surface area contributed by atoms with Crippen LogP contribution in [0.25, 0.3) is 11.3 Å². The summed E-state index contributed by atoms with van der Waals surface area (Å²) in [6.07, 6.45) is 3.26. The van der Waals surface area contributed by atoms with Crippen molar-refractivity contribution in [2.45, 2.75) is 44.9 Å². The third kappa shape index (κ3) is 2.54. The smallest absolute Gasteiger partial charge is 0.315 e. The topological polar surface area (TPSA) is 63.3 Å². The van der Waals surface area contributed by atoms with Crippen molar-refractivity contribution >= 4 is 5.97 Å². The van der Waals surface area contributed by atoms with Gasteiger partial charge in [-0.15, -0.1) is 0 Å². The van der Waals surface area contributed by atoms with Crippen LogP contribution in [0.5, 0.6) is 0 Å². The molecular formula is C18H21NO3. The van der Waals surface area contributed by atoms with E-state index in [-0.39, 0.29) is 0 Å². The van der Waals surface area contributed by atoms with Gasteiger partial charge in [0.2, 0.25) is 0 Å². The molecule has 1 aromatic heterocycles. The molecule has 1 heterocycles. The van der Waals surface area contributed by atoms with E-state index < -0.39 is 11.4 Å². The van der Waals surface area contributed by atoms with Crippen LogP contribution in [-0.2, 0) is 16.6 Å². The Morgan fingerprint density at radius 3 is 2.50 bits per heavy atom. The van der Waals surface area contributed by atoms with Crippen molar-refractivity contribution < 1.29 is 14.4 Å². The van der Waals surface area contributed by atoms with Crippen molar-refractivity contribution in [2.75, 3.05) is 0 Å². The van der Waals surface area contributed by atoms with Crippen molar-refractivity contribution in [1.29, 1.82) is 0 Å². The van der Waals surface area contributed by atoms with Gasteiger partial charge in [-0.3, -0.25) is 4.79 Å². The standard InChI is InChI=1S/C18H21NO3/c1-12(2)10-13-4-6-14(7-5-13)15-11-16(19-22-15)18(17(20)21)8-3-9-18/h4-7,11-12H,3,8-10H2,1-2H3,(H,20,21). The van der Waals surface area contributed by atoms with E-state index >= 15 is 0 Å². The zero-order valence-electron chi connectivity index (χ0n) is 13.0. The fourth-order valence-electron chi connectivity index (χ4n) is 3.02. The van der Waals surface area contributed by atoms with Gasteiger partial charge in [0.15, 0.2) is 5.76 Å². The SMILES string of the molecule is CC(C)Cc1ccc(-c2cc(C3(C(=O)O)CCC3)no2)cc1. The van der Waals surface area contributed by atoms with E-state index in [2.05, 4.69) is 31.1 Å². The highest BCUT2D eigenvalue weighted by molar-refractivity contribution is 5.82. The van der Waals surface area contributed by atoms with E-state index in [9.17, 15) is 9.90 Å².